The third kappa shape index (κ3) is 7.48. The maximum absolute atomic E-state index is 12.5. The zero-order valence-corrected chi connectivity index (χ0v) is 20.4. The third-order valence-corrected chi connectivity index (χ3v) is 5.75. The predicted octanol–water partition coefficient (Wildman–Crippen LogP) is 4.91. The molecule has 3 aromatic rings. The highest BCUT2D eigenvalue weighted by atomic mass is 19.4. The van der Waals surface area contributed by atoms with Crippen molar-refractivity contribution in [2.75, 3.05) is 41.3 Å². The van der Waals surface area contributed by atoms with E-state index in [2.05, 4.69) is 27.2 Å². The first-order chi connectivity index (χ1) is 18.0. The van der Waals surface area contributed by atoms with Gasteiger partial charge in [0, 0.05) is 43.1 Å². The molecule has 0 radical (unpaired) electrons. The van der Waals surface area contributed by atoms with Crippen LogP contribution in [-0.4, -0.2) is 60.4 Å². The molecule has 38 heavy (non-hydrogen) atoms. The second-order valence-electron chi connectivity index (χ2n) is 8.47. The number of aromatic carboxylic acids is 1. The zero-order chi connectivity index (χ0) is 27.9. The van der Waals surface area contributed by atoms with Crippen molar-refractivity contribution in [2.24, 2.45) is 0 Å². The topological polar surface area (TPSA) is 110 Å². The molecule has 1 amide bonds. The van der Waals surface area contributed by atoms with Crippen LogP contribution >= 0.6 is 0 Å². The number of carboxylic acid groups (broad SMARTS) is 2. The monoisotopic (exact) mass is 529 g/mol. The number of carbonyl (C=O) groups excluding carboxylic acids is 1. The number of amides is 1. The van der Waals surface area contributed by atoms with Crippen LogP contribution in [0.4, 0.5) is 30.2 Å². The van der Waals surface area contributed by atoms with Gasteiger partial charge in [0.2, 0.25) is 0 Å². The van der Waals surface area contributed by atoms with Gasteiger partial charge < -0.3 is 25.3 Å². The van der Waals surface area contributed by atoms with Crippen molar-refractivity contribution in [1.82, 2.24) is 0 Å². The lowest BCUT2D eigenvalue weighted by molar-refractivity contribution is -0.192. The summed E-state index contributed by atoms with van der Waals surface area (Å²) in [5, 5.41) is 19.7. The molecule has 1 fully saturated rings. The Morgan fingerprint density at radius 3 is 1.97 bits per heavy atom. The molecule has 0 saturated carbocycles. The Balaban J connectivity index is 0.000000505. The van der Waals surface area contributed by atoms with E-state index in [0.29, 0.717) is 16.9 Å². The number of anilines is 3. The van der Waals surface area contributed by atoms with E-state index >= 15 is 0 Å². The Labute approximate surface area is 216 Å². The first-order valence-electron chi connectivity index (χ1n) is 11.6. The number of piperazine rings is 1. The number of aryl methyl sites for hydroxylation is 1. The lowest BCUT2D eigenvalue weighted by Gasteiger charge is -2.38. The number of rotatable bonds is 5. The van der Waals surface area contributed by atoms with E-state index in [1.54, 1.807) is 24.3 Å². The minimum absolute atomic E-state index is 0.190. The fraction of sp³-hybridized carbons (Fsp3) is 0.222. The number of aliphatic carboxylic acids is 1. The standard InChI is InChI=1S/C25H25N3O3.C2HF3O2/c1-18-6-5-7-19(16-18)24(29)26-20-10-11-23(22(17-20)25(30)31)28-14-12-27(13-15-28)21-8-3-2-4-9-21;3-2(4,5)1(6)7/h2-11,16-17H,12-15H2,1H3,(H,26,29)(H,30,31);(H,6,7). The summed E-state index contributed by atoms with van der Waals surface area (Å²) >= 11 is 0. The van der Waals surface area contributed by atoms with Crippen LogP contribution in [-0.2, 0) is 4.79 Å². The van der Waals surface area contributed by atoms with E-state index in [4.69, 9.17) is 9.90 Å². The second-order valence-corrected chi connectivity index (χ2v) is 8.47. The highest BCUT2D eigenvalue weighted by Gasteiger charge is 2.38. The van der Waals surface area contributed by atoms with Gasteiger partial charge in [-0.3, -0.25) is 4.79 Å². The third-order valence-electron chi connectivity index (χ3n) is 5.75. The highest BCUT2D eigenvalue weighted by Crippen LogP contribution is 2.27. The lowest BCUT2D eigenvalue weighted by atomic mass is 10.1. The smallest absolute Gasteiger partial charge is 0.478 e. The summed E-state index contributed by atoms with van der Waals surface area (Å²) in [6.07, 6.45) is -5.08. The molecule has 0 spiro atoms. The van der Waals surface area contributed by atoms with Gasteiger partial charge >= 0.3 is 18.1 Å². The van der Waals surface area contributed by atoms with Gasteiger partial charge in [-0.15, -0.1) is 0 Å². The van der Waals surface area contributed by atoms with Crippen molar-refractivity contribution in [3.8, 4) is 0 Å². The van der Waals surface area contributed by atoms with Gasteiger partial charge in [0.1, 0.15) is 0 Å². The zero-order valence-electron chi connectivity index (χ0n) is 20.4. The number of nitrogens with one attached hydrogen (secondary N) is 1. The van der Waals surface area contributed by atoms with Crippen LogP contribution in [0.1, 0.15) is 26.3 Å². The van der Waals surface area contributed by atoms with Gasteiger partial charge in [-0.05, 0) is 49.4 Å². The summed E-state index contributed by atoms with van der Waals surface area (Å²) in [4.78, 5) is 37.8. The van der Waals surface area contributed by atoms with Crippen LogP contribution in [0.25, 0.3) is 0 Å². The van der Waals surface area contributed by atoms with E-state index in [9.17, 15) is 27.9 Å². The Bertz CT molecular complexity index is 1290. The number of carboxylic acids is 2. The minimum Gasteiger partial charge on any atom is -0.478 e. The number of nitrogens with zero attached hydrogens (tertiary/aromatic N) is 2. The van der Waals surface area contributed by atoms with E-state index in [-0.39, 0.29) is 11.5 Å². The molecular formula is C27H26F3N3O5. The number of alkyl halides is 3. The van der Waals surface area contributed by atoms with Gasteiger partial charge in [-0.25, -0.2) is 9.59 Å². The fourth-order valence-corrected chi connectivity index (χ4v) is 3.89. The number of para-hydroxylation sites is 1. The summed E-state index contributed by atoms with van der Waals surface area (Å²) in [7, 11) is 0. The molecule has 4 rings (SSSR count). The average molecular weight is 530 g/mol. The molecule has 0 aliphatic carbocycles. The van der Waals surface area contributed by atoms with E-state index in [1.165, 1.54) is 11.8 Å². The van der Waals surface area contributed by atoms with Crippen molar-refractivity contribution in [3.05, 3.63) is 89.5 Å². The van der Waals surface area contributed by atoms with Crippen molar-refractivity contribution >= 4 is 34.9 Å². The number of hydrogen-bond donors (Lipinski definition) is 3. The van der Waals surface area contributed by atoms with Crippen molar-refractivity contribution < 1.29 is 37.8 Å². The molecule has 1 saturated heterocycles. The molecule has 0 bridgehead atoms. The molecule has 3 aromatic carbocycles. The van der Waals surface area contributed by atoms with Crippen molar-refractivity contribution in [2.45, 2.75) is 13.1 Å². The first kappa shape index (κ1) is 28.0. The molecule has 11 heteroatoms. The summed E-state index contributed by atoms with van der Waals surface area (Å²) < 4.78 is 31.7. The SMILES string of the molecule is Cc1cccc(C(=O)Nc2ccc(N3CCN(c4ccccc4)CC3)c(C(=O)O)c2)c1.O=C(O)C(F)(F)F. The molecule has 3 N–H and O–H groups in total. The minimum atomic E-state index is -5.08. The maximum Gasteiger partial charge on any atom is 0.490 e. The Hall–Kier alpha value is -4.54. The van der Waals surface area contributed by atoms with Crippen LogP contribution < -0.4 is 15.1 Å². The maximum atomic E-state index is 12.5. The second kappa shape index (κ2) is 12.1. The molecule has 0 unspecified atom stereocenters. The molecule has 0 atom stereocenters. The largest absolute Gasteiger partial charge is 0.490 e. The Kier molecular flexibility index (Phi) is 8.95. The molecule has 0 aromatic heterocycles. The van der Waals surface area contributed by atoms with Crippen LogP contribution in [0.3, 0.4) is 0 Å². The molecule has 1 heterocycles. The quantitative estimate of drug-likeness (QED) is 0.431. The number of benzene rings is 3. The van der Waals surface area contributed by atoms with E-state index in [0.717, 1.165) is 31.7 Å². The van der Waals surface area contributed by atoms with Crippen molar-refractivity contribution in [1.29, 1.82) is 0 Å². The first-order valence-corrected chi connectivity index (χ1v) is 11.6. The Morgan fingerprint density at radius 2 is 1.42 bits per heavy atom. The van der Waals surface area contributed by atoms with Gasteiger partial charge in [-0.1, -0.05) is 35.9 Å². The van der Waals surface area contributed by atoms with E-state index < -0.39 is 18.1 Å². The van der Waals surface area contributed by atoms with Gasteiger partial charge in [-0.2, -0.15) is 13.2 Å². The van der Waals surface area contributed by atoms with Crippen LogP contribution in [0.5, 0.6) is 0 Å². The van der Waals surface area contributed by atoms with Gasteiger partial charge in [0.05, 0.1) is 11.3 Å². The molecule has 1 aliphatic heterocycles. The number of carbonyl (C=O) groups is 3. The summed E-state index contributed by atoms with van der Waals surface area (Å²) in [5.41, 5.74) is 4.04. The predicted molar refractivity (Wildman–Crippen MR) is 137 cm³/mol. The molecule has 8 nitrogen and oxygen atoms in total. The van der Waals surface area contributed by atoms with Crippen molar-refractivity contribution in [3.63, 3.8) is 0 Å². The summed E-state index contributed by atoms with van der Waals surface area (Å²) in [6, 6.07) is 22.6. The average Bonchev–Trinajstić information content (AvgIpc) is 2.89. The van der Waals surface area contributed by atoms with Crippen LogP contribution in [0.2, 0.25) is 0 Å². The number of halogens is 3. The van der Waals surface area contributed by atoms with E-state index in [1.807, 2.05) is 37.3 Å². The molecule has 200 valence electrons. The van der Waals surface area contributed by atoms with Gasteiger partial charge in [0.25, 0.3) is 5.91 Å². The molecule has 1 aliphatic rings. The lowest BCUT2D eigenvalue weighted by Crippen LogP contribution is -2.47. The molecular weight excluding hydrogens is 503 g/mol. The fourth-order valence-electron chi connectivity index (χ4n) is 3.89. The van der Waals surface area contributed by atoms with Gasteiger partial charge in [0.15, 0.2) is 0 Å². The van der Waals surface area contributed by atoms with Crippen LogP contribution in [0.15, 0.2) is 72.8 Å². The van der Waals surface area contributed by atoms with Crippen LogP contribution in [0, 0.1) is 6.92 Å². The Morgan fingerprint density at radius 1 is 0.816 bits per heavy atom. The normalized spacial score (nSPS) is 13.3. The highest BCUT2D eigenvalue weighted by molar-refractivity contribution is 6.05. The summed E-state index contributed by atoms with van der Waals surface area (Å²) in [6.45, 7) is 5.00. The summed E-state index contributed by atoms with van der Waals surface area (Å²) in [5.74, 6) is -4.02. The number of hydrogen-bond acceptors (Lipinski definition) is 5.